The molecule has 0 radical (unpaired) electrons. The second-order valence-corrected chi connectivity index (χ2v) is 1.79. The fourth-order valence-electron chi connectivity index (χ4n) is 0.333. The largest absolute Gasteiger partial charge is 0.322 e. The first-order valence-corrected chi connectivity index (χ1v) is 2.64. The minimum atomic E-state index is -3.08. The van der Waals surface area contributed by atoms with Gasteiger partial charge in [0.1, 0.15) is 0 Å². The summed E-state index contributed by atoms with van der Waals surface area (Å²) in [6, 6.07) is -3.08. The Kier molecular flexibility index (Phi) is 2.55. The lowest BCUT2D eigenvalue weighted by Gasteiger charge is -2.10. The minimum Gasteiger partial charge on any atom is -0.298 e. The van der Waals surface area contributed by atoms with Gasteiger partial charge in [0.25, 0.3) is 0 Å². The normalized spacial score (nSPS) is 11.1. The van der Waals surface area contributed by atoms with E-state index in [9.17, 15) is 13.6 Å². The van der Waals surface area contributed by atoms with Crippen molar-refractivity contribution in [2.75, 3.05) is 0 Å². The summed E-state index contributed by atoms with van der Waals surface area (Å²) in [6.45, 7) is 2.15. The molecule has 1 N–H and O–H groups in total. The summed E-state index contributed by atoms with van der Waals surface area (Å²) >= 11 is 0. The van der Waals surface area contributed by atoms with E-state index in [4.69, 9.17) is 0 Å². The first-order valence-electron chi connectivity index (χ1n) is 2.64. The van der Waals surface area contributed by atoms with Crippen molar-refractivity contribution < 1.29 is 13.6 Å². The molecule has 9 heavy (non-hydrogen) atoms. The van der Waals surface area contributed by atoms with Crippen LogP contribution in [0.1, 0.15) is 20.3 Å². The van der Waals surface area contributed by atoms with Crippen LogP contribution in [0.2, 0.25) is 0 Å². The van der Waals surface area contributed by atoms with Crippen molar-refractivity contribution in [2.45, 2.75) is 26.3 Å². The van der Waals surface area contributed by atoms with E-state index in [0.29, 0.717) is 6.92 Å². The molecule has 0 bridgehead atoms. The monoisotopic (exact) mass is 137 g/mol. The summed E-state index contributed by atoms with van der Waals surface area (Å²) in [5, 5.41) is 1.50. The number of alkyl halides is 2. The van der Waals surface area contributed by atoms with Gasteiger partial charge in [-0.3, -0.25) is 10.1 Å². The Bertz CT molecular complexity index is 108. The van der Waals surface area contributed by atoms with E-state index in [1.54, 1.807) is 0 Å². The number of carbonyl (C=O) groups excluding carboxylic acids is 1. The van der Waals surface area contributed by atoms with Crippen molar-refractivity contribution in [2.24, 2.45) is 0 Å². The maximum atomic E-state index is 11.8. The van der Waals surface area contributed by atoms with E-state index in [1.165, 1.54) is 12.2 Å². The Morgan fingerprint density at radius 3 is 2.22 bits per heavy atom. The molecule has 0 aliphatic carbocycles. The molecule has 0 saturated heterocycles. The lowest BCUT2D eigenvalue weighted by Crippen LogP contribution is -2.37. The van der Waals surface area contributed by atoms with Crippen molar-refractivity contribution in [3.05, 3.63) is 0 Å². The molecule has 0 aromatic carbocycles. The third kappa shape index (κ3) is 5.20. The summed E-state index contributed by atoms with van der Waals surface area (Å²) < 4.78 is 23.7. The number of carbonyl (C=O) groups is 1. The average molecular weight is 137 g/mol. The van der Waals surface area contributed by atoms with Crippen LogP contribution in [0.4, 0.5) is 8.78 Å². The maximum absolute atomic E-state index is 11.8. The summed E-state index contributed by atoms with van der Waals surface area (Å²) in [6.07, 6.45) is 0.0867. The molecule has 0 heterocycles. The van der Waals surface area contributed by atoms with Gasteiger partial charge in [-0.1, -0.05) is 6.92 Å². The highest BCUT2D eigenvalue weighted by Gasteiger charge is 2.21. The molecule has 54 valence electrons. The van der Waals surface area contributed by atoms with E-state index < -0.39 is 12.0 Å². The van der Waals surface area contributed by atoms with Crippen LogP contribution in [0, 0.1) is 0 Å². The van der Waals surface area contributed by atoms with Gasteiger partial charge in [-0.15, -0.1) is 0 Å². The molecule has 0 atom stereocenters. The van der Waals surface area contributed by atoms with Crippen LogP contribution in [-0.2, 0) is 4.79 Å². The number of nitrogens with one attached hydrogen (secondary N) is 1. The zero-order valence-electron chi connectivity index (χ0n) is 5.37. The fourth-order valence-corrected chi connectivity index (χ4v) is 0.333. The van der Waals surface area contributed by atoms with Crippen LogP contribution in [0.15, 0.2) is 0 Å². The zero-order valence-corrected chi connectivity index (χ0v) is 5.37. The van der Waals surface area contributed by atoms with Crippen molar-refractivity contribution in [3.8, 4) is 0 Å². The highest BCUT2D eigenvalue weighted by Crippen LogP contribution is 2.05. The predicted molar refractivity (Wildman–Crippen MR) is 29.1 cm³/mol. The third-order valence-electron chi connectivity index (χ3n) is 0.680. The molecule has 0 aromatic rings. The third-order valence-corrected chi connectivity index (χ3v) is 0.680. The standard InChI is InChI=1S/C5H9F2NO/c1-3-4(9)8-5(2,6)7/h3H2,1-2H3,(H,8,9). The van der Waals surface area contributed by atoms with Gasteiger partial charge < -0.3 is 0 Å². The Morgan fingerprint density at radius 2 is 2.11 bits per heavy atom. The molecule has 0 unspecified atom stereocenters. The molecule has 0 saturated carbocycles. The summed E-state index contributed by atoms with van der Waals surface area (Å²) in [4.78, 5) is 10.2. The highest BCUT2D eigenvalue weighted by molar-refractivity contribution is 5.75. The van der Waals surface area contributed by atoms with E-state index in [1.807, 2.05) is 0 Å². The number of rotatable bonds is 2. The molecule has 0 aromatic heterocycles. The molecule has 0 spiro atoms. The van der Waals surface area contributed by atoms with Crippen LogP contribution in [0.3, 0.4) is 0 Å². The lowest BCUT2D eigenvalue weighted by molar-refractivity contribution is -0.130. The van der Waals surface area contributed by atoms with Crippen molar-refractivity contribution in [1.29, 1.82) is 0 Å². The van der Waals surface area contributed by atoms with Gasteiger partial charge in [0.05, 0.1) is 0 Å². The SMILES string of the molecule is CCC(=O)NC(C)(F)F. The van der Waals surface area contributed by atoms with Crippen LogP contribution >= 0.6 is 0 Å². The first kappa shape index (κ1) is 8.33. The van der Waals surface area contributed by atoms with Gasteiger partial charge in [-0.05, 0) is 0 Å². The number of amides is 1. The molecule has 1 amide bonds. The zero-order chi connectivity index (χ0) is 7.49. The quantitative estimate of drug-likeness (QED) is 0.568. The second-order valence-electron chi connectivity index (χ2n) is 1.79. The van der Waals surface area contributed by atoms with Gasteiger partial charge >= 0.3 is 6.05 Å². The van der Waals surface area contributed by atoms with E-state index in [-0.39, 0.29) is 6.42 Å². The summed E-state index contributed by atoms with van der Waals surface area (Å²) in [5.74, 6) is -0.637. The Hall–Kier alpha value is -0.670. The molecule has 4 heteroatoms. The van der Waals surface area contributed by atoms with Gasteiger partial charge in [0.2, 0.25) is 5.91 Å². The van der Waals surface area contributed by atoms with Crippen LogP contribution in [0.5, 0.6) is 0 Å². The Labute approximate surface area is 52.2 Å². The Balaban J connectivity index is 3.60. The summed E-state index contributed by atoms with van der Waals surface area (Å²) in [5.41, 5.74) is 0. The number of halogens is 2. The van der Waals surface area contributed by atoms with Gasteiger partial charge in [0, 0.05) is 13.3 Å². The van der Waals surface area contributed by atoms with E-state index in [0.717, 1.165) is 0 Å². The second kappa shape index (κ2) is 2.75. The highest BCUT2D eigenvalue weighted by atomic mass is 19.3. The lowest BCUT2D eigenvalue weighted by atomic mass is 10.4. The van der Waals surface area contributed by atoms with Crippen LogP contribution in [-0.4, -0.2) is 12.0 Å². The van der Waals surface area contributed by atoms with Crippen LogP contribution < -0.4 is 5.32 Å². The minimum absolute atomic E-state index is 0.0867. The molecule has 0 aliphatic rings. The fraction of sp³-hybridized carbons (Fsp3) is 0.800. The first-order chi connectivity index (χ1) is 3.95. The van der Waals surface area contributed by atoms with Crippen molar-refractivity contribution in [3.63, 3.8) is 0 Å². The van der Waals surface area contributed by atoms with Crippen LogP contribution in [0.25, 0.3) is 0 Å². The van der Waals surface area contributed by atoms with Gasteiger partial charge in [-0.2, -0.15) is 8.78 Å². The van der Waals surface area contributed by atoms with Gasteiger partial charge in [-0.25, -0.2) is 0 Å². The smallest absolute Gasteiger partial charge is 0.298 e. The molecular weight excluding hydrogens is 128 g/mol. The van der Waals surface area contributed by atoms with E-state index >= 15 is 0 Å². The van der Waals surface area contributed by atoms with Crippen molar-refractivity contribution in [1.82, 2.24) is 5.32 Å². The number of hydrogen-bond acceptors (Lipinski definition) is 1. The van der Waals surface area contributed by atoms with Gasteiger partial charge in [0.15, 0.2) is 0 Å². The van der Waals surface area contributed by atoms with E-state index in [2.05, 4.69) is 0 Å². The molecule has 0 fully saturated rings. The average Bonchev–Trinajstić information content (AvgIpc) is 1.62. The Morgan fingerprint density at radius 1 is 1.67 bits per heavy atom. The summed E-state index contributed by atoms with van der Waals surface area (Å²) in [7, 11) is 0. The molecule has 2 nitrogen and oxygen atoms in total. The topological polar surface area (TPSA) is 29.1 Å². The molecular formula is C5H9F2NO. The predicted octanol–water partition coefficient (Wildman–Crippen LogP) is 1.13. The van der Waals surface area contributed by atoms with Crippen molar-refractivity contribution >= 4 is 5.91 Å². The maximum Gasteiger partial charge on any atom is 0.322 e. The number of hydrogen-bond donors (Lipinski definition) is 1. The molecule has 0 aliphatic heterocycles. The molecule has 0 rings (SSSR count).